The molecule has 0 bridgehead atoms. The molecule has 1 aliphatic rings. The molecule has 1 unspecified atom stereocenters. The molecule has 0 aromatic rings. The Labute approximate surface area is 81.3 Å². The molecule has 0 fully saturated rings. The summed E-state index contributed by atoms with van der Waals surface area (Å²) in [6, 6.07) is 1.11. The van der Waals surface area contributed by atoms with Gasteiger partial charge < -0.3 is 15.2 Å². The van der Waals surface area contributed by atoms with E-state index in [1.54, 1.807) is 6.92 Å². The van der Waals surface area contributed by atoms with Crippen LogP contribution in [-0.2, 0) is 9.53 Å². The third-order valence-electron chi connectivity index (χ3n) is 1.91. The van der Waals surface area contributed by atoms with Crippen LogP contribution in [0.1, 0.15) is 6.92 Å². The minimum Gasteiger partial charge on any atom is -0.496 e. The number of dihydropyridines is 1. The smallest absolute Gasteiger partial charge is 0.330 e. The highest BCUT2D eigenvalue weighted by atomic mass is 16.5. The van der Waals surface area contributed by atoms with Crippen LogP contribution in [0.3, 0.4) is 0 Å². The van der Waals surface area contributed by atoms with E-state index in [-0.39, 0.29) is 0 Å². The average Bonchev–Trinajstić information content (AvgIpc) is 2.16. The van der Waals surface area contributed by atoms with Gasteiger partial charge in [0.15, 0.2) is 0 Å². The van der Waals surface area contributed by atoms with Gasteiger partial charge in [-0.3, -0.25) is 0 Å². The zero-order valence-corrected chi connectivity index (χ0v) is 7.87. The molecule has 0 radical (unpaired) electrons. The lowest BCUT2D eigenvalue weighted by Crippen LogP contribution is -2.37. The Kier molecular flexibility index (Phi) is 2.77. The second-order valence-corrected chi connectivity index (χ2v) is 2.81. The summed E-state index contributed by atoms with van der Waals surface area (Å²) in [4.78, 5) is 10.7. The molecule has 0 spiro atoms. The number of carboxylic acids is 1. The number of methoxy groups -OCH3 is 1. The lowest BCUT2D eigenvalue weighted by Gasteiger charge is -2.20. The van der Waals surface area contributed by atoms with Crippen molar-refractivity contribution in [1.82, 2.24) is 5.32 Å². The van der Waals surface area contributed by atoms with E-state index in [0.29, 0.717) is 17.0 Å². The van der Waals surface area contributed by atoms with E-state index in [1.807, 2.05) is 6.07 Å². The number of carbonyl (C=O) groups is 1. The fourth-order valence-corrected chi connectivity index (χ4v) is 1.21. The van der Waals surface area contributed by atoms with Crippen molar-refractivity contribution in [3.63, 3.8) is 0 Å². The number of carboxylic acid groups (broad SMARTS) is 1. The van der Waals surface area contributed by atoms with Crippen molar-refractivity contribution < 1.29 is 14.6 Å². The first-order chi connectivity index (χ1) is 6.60. The van der Waals surface area contributed by atoms with E-state index in [4.69, 9.17) is 15.1 Å². The maximum Gasteiger partial charge on any atom is 0.330 e. The summed E-state index contributed by atoms with van der Waals surface area (Å²) in [5.74, 6) is -0.702. The Balaban J connectivity index is 3.06. The van der Waals surface area contributed by atoms with E-state index in [1.165, 1.54) is 13.2 Å². The Bertz CT molecular complexity index is 363. The lowest BCUT2D eigenvalue weighted by atomic mass is 10.1. The van der Waals surface area contributed by atoms with Crippen LogP contribution in [0.4, 0.5) is 0 Å². The normalized spacial score (nSPS) is 20.6. The van der Waals surface area contributed by atoms with Gasteiger partial charge in [0, 0.05) is 5.70 Å². The molecule has 0 aliphatic carbocycles. The van der Waals surface area contributed by atoms with E-state index in [2.05, 4.69) is 5.32 Å². The van der Waals surface area contributed by atoms with E-state index >= 15 is 0 Å². The van der Waals surface area contributed by atoms with Crippen LogP contribution in [-0.4, -0.2) is 24.2 Å². The number of hydrogen-bond donors (Lipinski definition) is 2. The fraction of sp³-hybridized carbons (Fsp3) is 0.333. The van der Waals surface area contributed by atoms with Gasteiger partial charge in [0.1, 0.15) is 23.4 Å². The molecule has 0 aromatic carbocycles. The van der Waals surface area contributed by atoms with Crippen molar-refractivity contribution in [2.45, 2.75) is 13.0 Å². The molecule has 14 heavy (non-hydrogen) atoms. The largest absolute Gasteiger partial charge is 0.496 e. The second-order valence-electron chi connectivity index (χ2n) is 2.81. The van der Waals surface area contributed by atoms with E-state index in [9.17, 15) is 4.79 Å². The average molecular weight is 194 g/mol. The number of nitrogens with one attached hydrogen (secondary N) is 1. The highest BCUT2D eigenvalue weighted by Crippen LogP contribution is 2.19. The number of allylic oxidation sites excluding steroid dienone is 2. The monoisotopic (exact) mass is 194 g/mol. The summed E-state index contributed by atoms with van der Waals surface area (Å²) in [6.07, 6.45) is 1.37. The first-order valence-electron chi connectivity index (χ1n) is 3.96. The third kappa shape index (κ3) is 1.69. The molecule has 5 nitrogen and oxygen atoms in total. The van der Waals surface area contributed by atoms with Crippen molar-refractivity contribution in [2.24, 2.45) is 0 Å². The van der Waals surface area contributed by atoms with Gasteiger partial charge in [-0.2, -0.15) is 5.26 Å². The standard InChI is InChI=1S/C9H10N2O3/c1-5-6(4-10)8(14-2)3-7(11-5)9(12)13/h3,7,11H,1-2H3,(H,12,13). The first-order valence-corrected chi connectivity index (χ1v) is 3.96. The second kappa shape index (κ2) is 3.83. The molecule has 0 aromatic heterocycles. The lowest BCUT2D eigenvalue weighted by molar-refractivity contribution is -0.138. The highest BCUT2D eigenvalue weighted by molar-refractivity contribution is 5.77. The summed E-state index contributed by atoms with van der Waals surface area (Å²) in [7, 11) is 1.40. The fourth-order valence-electron chi connectivity index (χ4n) is 1.21. The molecule has 1 aliphatic heterocycles. The van der Waals surface area contributed by atoms with Crippen LogP contribution in [0.15, 0.2) is 23.1 Å². The zero-order chi connectivity index (χ0) is 10.7. The van der Waals surface area contributed by atoms with Crippen LogP contribution in [0, 0.1) is 11.3 Å². The van der Waals surface area contributed by atoms with E-state index in [0.717, 1.165) is 0 Å². The minimum absolute atomic E-state index is 0.302. The molecule has 0 saturated heterocycles. The molecule has 1 atom stereocenters. The van der Waals surface area contributed by atoms with Gasteiger partial charge in [-0.1, -0.05) is 0 Å². The Morgan fingerprint density at radius 1 is 1.79 bits per heavy atom. The Morgan fingerprint density at radius 3 is 2.86 bits per heavy atom. The number of ether oxygens (including phenoxy) is 1. The molecular weight excluding hydrogens is 184 g/mol. The van der Waals surface area contributed by atoms with Gasteiger partial charge in [0.25, 0.3) is 0 Å². The predicted molar refractivity (Wildman–Crippen MR) is 48.0 cm³/mol. The minimum atomic E-state index is -1.00. The summed E-state index contributed by atoms with van der Waals surface area (Å²) in [6.45, 7) is 1.64. The number of rotatable bonds is 2. The van der Waals surface area contributed by atoms with Gasteiger partial charge in [-0.05, 0) is 13.0 Å². The van der Waals surface area contributed by atoms with Crippen molar-refractivity contribution in [1.29, 1.82) is 5.26 Å². The third-order valence-corrected chi connectivity index (χ3v) is 1.91. The summed E-state index contributed by atoms with van der Waals surface area (Å²) in [5, 5.41) is 20.2. The van der Waals surface area contributed by atoms with Crippen molar-refractivity contribution in [3.8, 4) is 6.07 Å². The molecule has 74 valence electrons. The van der Waals surface area contributed by atoms with Crippen LogP contribution >= 0.6 is 0 Å². The van der Waals surface area contributed by atoms with Crippen LogP contribution in [0.2, 0.25) is 0 Å². The Hall–Kier alpha value is -1.96. The van der Waals surface area contributed by atoms with Gasteiger partial charge >= 0.3 is 5.97 Å². The van der Waals surface area contributed by atoms with Crippen LogP contribution in [0.5, 0.6) is 0 Å². The first kappa shape index (κ1) is 10.1. The number of aliphatic carboxylic acids is 1. The quantitative estimate of drug-likeness (QED) is 0.663. The van der Waals surface area contributed by atoms with Crippen molar-refractivity contribution in [2.75, 3.05) is 7.11 Å². The number of nitrogens with zero attached hydrogens (tertiary/aromatic N) is 1. The van der Waals surface area contributed by atoms with Gasteiger partial charge in [0.05, 0.1) is 7.11 Å². The zero-order valence-electron chi connectivity index (χ0n) is 7.87. The molecule has 5 heteroatoms. The van der Waals surface area contributed by atoms with Crippen LogP contribution < -0.4 is 5.32 Å². The molecule has 0 amide bonds. The van der Waals surface area contributed by atoms with Crippen molar-refractivity contribution >= 4 is 5.97 Å². The van der Waals surface area contributed by atoms with Gasteiger partial charge in [-0.15, -0.1) is 0 Å². The summed E-state index contributed by atoms with van der Waals surface area (Å²) < 4.78 is 4.92. The highest BCUT2D eigenvalue weighted by Gasteiger charge is 2.24. The predicted octanol–water partition coefficient (Wildman–Crippen LogP) is 0.371. The summed E-state index contributed by atoms with van der Waals surface area (Å²) >= 11 is 0. The number of nitriles is 1. The molecule has 2 N–H and O–H groups in total. The van der Waals surface area contributed by atoms with Crippen molar-refractivity contribution in [3.05, 3.63) is 23.1 Å². The Morgan fingerprint density at radius 2 is 2.43 bits per heavy atom. The van der Waals surface area contributed by atoms with Crippen LogP contribution in [0.25, 0.3) is 0 Å². The molecule has 1 rings (SSSR count). The number of hydrogen-bond acceptors (Lipinski definition) is 4. The summed E-state index contributed by atoms with van der Waals surface area (Å²) in [5.41, 5.74) is 0.851. The topological polar surface area (TPSA) is 82.3 Å². The molecular formula is C9H10N2O3. The SMILES string of the molecule is COC1=CC(C(=O)O)NC(C)=C1C#N. The van der Waals surface area contributed by atoms with Gasteiger partial charge in [-0.25, -0.2) is 4.79 Å². The van der Waals surface area contributed by atoms with E-state index < -0.39 is 12.0 Å². The maximum atomic E-state index is 10.7. The molecule has 1 heterocycles. The molecule has 0 saturated carbocycles. The van der Waals surface area contributed by atoms with Gasteiger partial charge in [0.2, 0.25) is 0 Å². The maximum absolute atomic E-state index is 10.7.